The zero-order valence-corrected chi connectivity index (χ0v) is 15.6. The third kappa shape index (κ3) is 3.42. The summed E-state index contributed by atoms with van der Waals surface area (Å²) < 4.78 is 5.02. The molecule has 2 aromatic rings. The molecule has 1 aromatic heterocycles. The number of hydrogen-bond acceptors (Lipinski definition) is 4. The first-order valence-corrected chi connectivity index (χ1v) is 8.61. The lowest BCUT2D eigenvalue weighted by Gasteiger charge is -2.45. The van der Waals surface area contributed by atoms with Gasteiger partial charge in [0.1, 0.15) is 0 Å². The Morgan fingerprint density at radius 2 is 2.24 bits per heavy atom. The molecule has 1 aliphatic heterocycles. The Morgan fingerprint density at radius 1 is 1.48 bits per heavy atom. The molecule has 1 amide bonds. The molecule has 1 atom stereocenters. The first-order valence-electron chi connectivity index (χ1n) is 8.24. The Kier molecular flexibility index (Phi) is 4.60. The Morgan fingerprint density at radius 3 is 2.92 bits per heavy atom. The molecule has 0 aliphatic carbocycles. The molecule has 0 saturated heterocycles. The molecule has 1 aliphatic rings. The number of nitrogens with one attached hydrogen (secondary N) is 1. The average molecular weight is 360 g/mol. The third-order valence-electron chi connectivity index (χ3n) is 4.87. The molecule has 0 radical (unpaired) electrons. The smallest absolute Gasteiger partial charge is 0.307 e. The minimum Gasteiger partial charge on any atom is -0.459 e. The van der Waals surface area contributed by atoms with Crippen LogP contribution in [0.25, 0.3) is 0 Å². The Hall–Kier alpha value is -2.27. The van der Waals surface area contributed by atoms with Gasteiger partial charge in [0.15, 0.2) is 5.76 Å². The van der Waals surface area contributed by atoms with Crippen molar-refractivity contribution < 1.29 is 9.21 Å². The third-order valence-corrected chi connectivity index (χ3v) is 5.19. The number of halogens is 1. The predicted octanol–water partition coefficient (Wildman–Crippen LogP) is 4.42. The zero-order chi connectivity index (χ0) is 18.2. The van der Waals surface area contributed by atoms with E-state index < -0.39 is 5.91 Å². The van der Waals surface area contributed by atoms with Gasteiger partial charge in [-0.15, -0.1) is 0 Å². The van der Waals surface area contributed by atoms with Gasteiger partial charge in [-0.3, -0.25) is 4.79 Å². The van der Waals surface area contributed by atoms with E-state index in [1.807, 2.05) is 6.07 Å². The minimum absolute atomic E-state index is 0.0857. The van der Waals surface area contributed by atoms with Crippen LogP contribution in [0.15, 0.2) is 40.0 Å². The van der Waals surface area contributed by atoms with Gasteiger partial charge in [0, 0.05) is 23.8 Å². The summed E-state index contributed by atoms with van der Waals surface area (Å²) in [6.45, 7) is 6.70. The van der Waals surface area contributed by atoms with Crippen LogP contribution in [0, 0.1) is 0 Å². The average Bonchev–Trinajstić information content (AvgIpc) is 3.08. The van der Waals surface area contributed by atoms with E-state index in [1.54, 1.807) is 18.3 Å². The molecule has 0 bridgehead atoms. The number of amides is 1. The molecule has 5 nitrogen and oxygen atoms in total. The van der Waals surface area contributed by atoms with Crippen LogP contribution < -0.4 is 10.3 Å². The molecule has 0 fully saturated rings. The first kappa shape index (κ1) is 17.5. The Bertz CT molecular complexity index is 812. The lowest BCUT2D eigenvalue weighted by atomic mass is 9.80. The minimum atomic E-state index is -0.398. The Labute approximate surface area is 152 Å². The Balaban J connectivity index is 1.83. The van der Waals surface area contributed by atoms with Gasteiger partial charge in [0.2, 0.25) is 0 Å². The van der Waals surface area contributed by atoms with Crippen LogP contribution in [0.2, 0.25) is 5.02 Å². The van der Waals surface area contributed by atoms with Crippen molar-refractivity contribution in [2.24, 2.45) is 5.10 Å². The van der Waals surface area contributed by atoms with Gasteiger partial charge in [-0.2, -0.15) is 5.10 Å². The number of anilines is 1. The van der Waals surface area contributed by atoms with Crippen LogP contribution >= 0.6 is 11.6 Å². The predicted molar refractivity (Wildman–Crippen MR) is 101 cm³/mol. The van der Waals surface area contributed by atoms with Crippen molar-refractivity contribution in [1.29, 1.82) is 0 Å². The summed E-state index contributed by atoms with van der Waals surface area (Å²) in [5, 5.41) is 4.60. The number of carbonyl (C=O) groups excluding carboxylic acids is 1. The van der Waals surface area contributed by atoms with Gasteiger partial charge < -0.3 is 9.32 Å². The molecule has 0 spiro atoms. The molecule has 1 N–H and O–H groups in total. The highest BCUT2D eigenvalue weighted by Gasteiger charge is 2.34. The highest BCUT2D eigenvalue weighted by molar-refractivity contribution is 6.33. The normalized spacial score (nSPS) is 19.1. The van der Waals surface area contributed by atoms with E-state index in [9.17, 15) is 4.79 Å². The molecule has 3 rings (SSSR count). The summed E-state index contributed by atoms with van der Waals surface area (Å²) in [7, 11) is 2.10. The number of carbonyl (C=O) groups is 1. The van der Waals surface area contributed by atoms with Crippen LogP contribution in [0.5, 0.6) is 0 Å². The van der Waals surface area contributed by atoms with E-state index in [0.717, 1.165) is 17.7 Å². The zero-order valence-electron chi connectivity index (χ0n) is 14.8. The maximum absolute atomic E-state index is 11.8. The monoisotopic (exact) mass is 359 g/mol. The maximum atomic E-state index is 11.8. The lowest BCUT2D eigenvalue weighted by Crippen LogP contribution is -2.45. The topological polar surface area (TPSA) is 57.8 Å². The van der Waals surface area contributed by atoms with Gasteiger partial charge >= 0.3 is 5.91 Å². The van der Waals surface area contributed by atoms with Crippen LogP contribution in [0.1, 0.15) is 54.8 Å². The second kappa shape index (κ2) is 6.56. The summed E-state index contributed by atoms with van der Waals surface area (Å²) in [4.78, 5) is 14.1. The quantitative estimate of drug-likeness (QED) is 0.652. The lowest BCUT2D eigenvalue weighted by molar-refractivity contribution is 0.0927. The fourth-order valence-electron chi connectivity index (χ4n) is 3.33. The first-order chi connectivity index (χ1) is 11.8. The molecule has 1 aromatic carbocycles. The van der Waals surface area contributed by atoms with Crippen LogP contribution in [-0.4, -0.2) is 24.7 Å². The van der Waals surface area contributed by atoms with Gasteiger partial charge in [0.25, 0.3) is 0 Å². The van der Waals surface area contributed by atoms with E-state index in [4.69, 9.17) is 16.0 Å². The fourth-order valence-corrected chi connectivity index (χ4v) is 3.53. The number of benzene rings is 1. The van der Waals surface area contributed by atoms with Crippen molar-refractivity contribution in [3.8, 4) is 0 Å². The maximum Gasteiger partial charge on any atom is 0.307 e. The molecule has 1 unspecified atom stereocenters. The summed E-state index contributed by atoms with van der Waals surface area (Å²) in [6, 6.07) is 7.26. The van der Waals surface area contributed by atoms with E-state index in [0.29, 0.717) is 10.9 Å². The van der Waals surface area contributed by atoms with Gasteiger partial charge in [-0.05, 0) is 56.0 Å². The summed E-state index contributed by atoms with van der Waals surface area (Å²) in [5.74, 6) is 0.236. The standard InChI is InChI=1S/C19H22ClN3O2/c1-12-10-19(2,3)23(4)16-9-15(20)13(8-14(12)16)11-21-22-18(24)17-6-5-7-25-17/h5-9,11-12H,10H2,1-4H3,(H,22,24)/b21-11+. The van der Waals surface area contributed by atoms with E-state index in [1.165, 1.54) is 11.8 Å². The highest BCUT2D eigenvalue weighted by Crippen LogP contribution is 2.44. The molecular weight excluding hydrogens is 338 g/mol. The van der Waals surface area contributed by atoms with Crippen molar-refractivity contribution in [3.63, 3.8) is 0 Å². The van der Waals surface area contributed by atoms with Gasteiger partial charge in [-0.25, -0.2) is 5.43 Å². The number of fused-ring (bicyclic) bond motifs is 1. The van der Waals surface area contributed by atoms with Gasteiger partial charge in [0.05, 0.1) is 17.5 Å². The van der Waals surface area contributed by atoms with Crippen molar-refractivity contribution in [1.82, 2.24) is 5.43 Å². The van der Waals surface area contributed by atoms with Crippen molar-refractivity contribution in [2.45, 2.75) is 38.6 Å². The molecule has 2 heterocycles. The molecule has 0 saturated carbocycles. The summed E-state index contributed by atoms with van der Waals surface area (Å²) in [6.07, 6.45) is 4.07. The SMILES string of the molecule is CC1CC(C)(C)N(C)c2cc(Cl)c(/C=N/NC(=O)c3ccco3)cc21. The fraction of sp³-hybridized carbons (Fsp3) is 0.368. The number of rotatable bonds is 3. The largest absolute Gasteiger partial charge is 0.459 e. The van der Waals surface area contributed by atoms with Crippen LogP contribution in [-0.2, 0) is 0 Å². The molecule has 6 heteroatoms. The molecule has 132 valence electrons. The summed E-state index contributed by atoms with van der Waals surface area (Å²) >= 11 is 6.43. The number of hydrogen-bond donors (Lipinski definition) is 1. The number of hydrazone groups is 1. The van der Waals surface area contributed by atoms with Crippen molar-refractivity contribution in [2.75, 3.05) is 11.9 Å². The van der Waals surface area contributed by atoms with Crippen LogP contribution in [0.3, 0.4) is 0 Å². The number of furan rings is 1. The number of nitrogens with zero attached hydrogens (tertiary/aromatic N) is 2. The molecule has 25 heavy (non-hydrogen) atoms. The summed E-state index contributed by atoms with van der Waals surface area (Å²) in [5.41, 5.74) is 5.69. The van der Waals surface area contributed by atoms with Gasteiger partial charge in [-0.1, -0.05) is 18.5 Å². The van der Waals surface area contributed by atoms with Crippen molar-refractivity contribution in [3.05, 3.63) is 52.4 Å². The van der Waals surface area contributed by atoms with E-state index in [-0.39, 0.29) is 11.3 Å². The highest BCUT2D eigenvalue weighted by atomic mass is 35.5. The second-order valence-corrected chi connectivity index (χ2v) is 7.49. The second-order valence-electron chi connectivity index (χ2n) is 7.09. The van der Waals surface area contributed by atoms with Crippen molar-refractivity contribution >= 4 is 29.4 Å². The van der Waals surface area contributed by atoms with Crippen LogP contribution in [0.4, 0.5) is 5.69 Å². The molecular formula is C19H22ClN3O2. The van der Waals surface area contributed by atoms with E-state index >= 15 is 0 Å². The van der Waals surface area contributed by atoms with E-state index in [2.05, 4.69) is 49.3 Å².